The van der Waals surface area contributed by atoms with Crippen molar-refractivity contribution in [3.8, 4) is 5.88 Å². The molecule has 1 N–H and O–H groups in total. The van der Waals surface area contributed by atoms with Gasteiger partial charge in [-0.15, -0.1) is 0 Å². The minimum atomic E-state index is 0.340. The van der Waals surface area contributed by atoms with E-state index in [0.717, 1.165) is 73.8 Å². The van der Waals surface area contributed by atoms with E-state index in [-0.39, 0.29) is 0 Å². The number of aromatic nitrogens is 3. The van der Waals surface area contributed by atoms with Crippen molar-refractivity contribution < 1.29 is 4.74 Å². The third-order valence-electron chi connectivity index (χ3n) is 5.67. The average Bonchev–Trinajstić information content (AvgIpc) is 3.48. The Hall–Kier alpha value is -2.42. The molecule has 2 fully saturated rings. The highest BCUT2D eigenvalue weighted by Crippen LogP contribution is 2.23. The zero-order valence-corrected chi connectivity index (χ0v) is 18.7. The third-order valence-corrected chi connectivity index (χ3v) is 6.49. The fourth-order valence-electron chi connectivity index (χ4n) is 3.90. The normalized spacial score (nSPS) is 18.1. The van der Waals surface area contributed by atoms with Crippen LogP contribution in [0.1, 0.15) is 44.0 Å². The Balaban J connectivity index is 1.25. The van der Waals surface area contributed by atoms with E-state index in [9.17, 15) is 0 Å². The highest BCUT2D eigenvalue weighted by atomic mass is 32.1. The number of aliphatic imine (C=N–C) groups is 1. The van der Waals surface area contributed by atoms with Crippen molar-refractivity contribution in [1.82, 2.24) is 24.6 Å². The second-order valence-corrected chi connectivity index (χ2v) is 8.48. The quantitative estimate of drug-likeness (QED) is 0.559. The van der Waals surface area contributed by atoms with Gasteiger partial charge in [-0.25, -0.2) is 9.97 Å². The summed E-state index contributed by atoms with van der Waals surface area (Å²) in [5.74, 6) is 2.59. The Morgan fingerprint density at radius 1 is 1.23 bits per heavy atom. The zero-order valence-electron chi connectivity index (χ0n) is 17.9. The highest BCUT2D eigenvalue weighted by molar-refractivity contribution is 7.09. The first-order valence-corrected chi connectivity index (χ1v) is 11.7. The molecule has 0 amide bonds. The first-order valence-electron chi connectivity index (χ1n) is 10.9. The first-order chi connectivity index (χ1) is 14.7. The summed E-state index contributed by atoms with van der Waals surface area (Å²) in [7, 11) is 1.84. The standard InChI is InChI=1S/C21H31N7OS/c1-3-18-25-21(30-26-18)28-12-10-27(11-13-28)20(22-2)24-15-16-8-9-19(23-14-16)29-17-6-4-5-7-17/h8-9,14,17H,3-7,10-13,15H2,1-2H3,(H,22,24). The van der Waals surface area contributed by atoms with Gasteiger partial charge in [-0.3, -0.25) is 4.99 Å². The maximum atomic E-state index is 5.95. The molecule has 0 spiro atoms. The summed E-state index contributed by atoms with van der Waals surface area (Å²) in [5, 5.41) is 4.50. The van der Waals surface area contributed by atoms with Crippen LogP contribution in [0.4, 0.5) is 5.13 Å². The maximum Gasteiger partial charge on any atom is 0.213 e. The lowest BCUT2D eigenvalue weighted by atomic mass is 10.3. The Labute approximate surface area is 182 Å². The molecule has 2 aliphatic rings. The van der Waals surface area contributed by atoms with Crippen molar-refractivity contribution in [2.24, 2.45) is 4.99 Å². The van der Waals surface area contributed by atoms with Gasteiger partial charge in [0.05, 0.1) is 0 Å². The summed E-state index contributed by atoms with van der Waals surface area (Å²) in [6.45, 7) is 6.45. The molecule has 0 atom stereocenters. The van der Waals surface area contributed by atoms with Gasteiger partial charge in [0.2, 0.25) is 11.0 Å². The molecule has 0 radical (unpaired) electrons. The van der Waals surface area contributed by atoms with E-state index in [0.29, 0.717) is 12.6 Å². The fraction of sp³-hybridized carbons (Fsp3) is 0.619. The van der Waals surface area contributed by atoms with Gasteiger partial charge < -0.3 is 19.9 Å². The maximum absolute atomic E-state index is 5.95. The second kappa shape index (κ2) is 10.1. The van der Waals surface area contributed by atoms with E-state index in [1.54, 1.807) is 0 Å². The Bertz CT molecular complexity index is 824. The number of hydrogen-bond donors (Lipinski definition) is 1. The molecule has 0 aromatic carbocycles. The molecule has 162 valence electrons. The summed E-state index contributed by atoms with van der Waals surface area (Å²) in [6, 6.07) is 4.06. The van der Waals surface area contributed by atoms with Gasteiger partial charge in [0.1, 0.15) is 11.9 Å². The van der Waals surface area contributed by atoms with Crippen molar-refractivity contribution in [2.45, 2.75) is 51.7 Å². The lowest BCUT2D eigenvalue weighted by molar-refractivity contribution is 0.201. The Morgan fingerprint density at radius 2 is 2.03 bits per heavy atom. The van der Waals surface area contributed by atoms with Crippen LogP contribution in [0.2, 0.25) is 0 Å². The Morgan fingerprint density at radius 3 is 2.67 bits per heavy atom. The van der Waals surface area contributed by atoms with Crippen LogP contribution in [0.15, 0.2) is 23.3 Å². The van der Waals surface area contributed by atoms with Crippen LogP contribution in [-0.4, -0.2) is 64.5 Å². The van der Waals surface area contributed by atoms with Crippen LogP contribution in [0, 0.1) is 0 Å². The number of guanidine groups is 1. The van der Waals surface area contributed by atoms with E-state index < -0.39 is 0 Å². The predicted molar refractivity (Wildman–Crippen MR) is 120 cm³/mol. The average molecular weight is 430 g/mol. The van der Waals surface area contributed by atoms with Crippen molar-refractivity contribution in [3.05, 3.63) is 29.7 Å². The molecule has 3 heterocycles. The minimum absolute atomic E-state index is 0.340. The fourth-order valence-corrected chi connectivity index (χ4v) is 4.70. The van der Waals surface area contributed by atoms with Gasteiger partial charge in [0.25, 0.3) is 0 Å². The minimum Gasteiger partial charge on any atom is -0.474 e. The van der Waals surface area contributed by atoms with E-state index >= 15 is 0 Å². The van der Waals surface area contributed by atoms with E-state index in [2.05, 4.69) is 47.4 Å². The molecule has 2 aromatic heterocycles. The molecule has 1 aliphatic carbocycles. The van der Waals surface area contributed by atoms with Crippen LogP contribution in [-0.2, 0) is 13.0 Å². The molecule has 1 aliphatic heterocycles. The number of anilines is 1. The molecular weight excluding hydrogens is 398 g/mol. The monoisotopic (exact) mass is 429 g/mol. The number of piperazine rings is 1. The largest absolute Gasteiger partial charge is 0.474 e. The molecule has 4 rings (SSSR count). The molecule has 0 bridgehead atoms. The lowest BCUT2D eigenvalue weighted by Crippen LogP contribution is -2.52. The molecule has 2 aromatic rings. The van der Waals surface area contributed by atoms with E-state index in [4.69, 9.17) is 4.74 Å². The van der Waals surface area contributed by atoms with E-state index in [1.165, 1.54) is 24.4 Å². The third kappa shape index (κ3) is 5.19. The molecule has 30 heavy (non-hydrogen) atoms. The van der Waals surface area contributed by atoms with Crippen LogP contribution < -0.4 is 15.0 Å². The number of nitrogens with one attached hydrogen (secondary N) is 1. The predicted octanol–water partition coefficient (Wildman–Crippen LogP) is 2.71. The molecule has 8 nitrogen and oxygen atoms in total. The van der Waals surface area contributed by atoms with Crippen molar-refractivity contribution >= 4 is 22.6 Å². The van der Waals surface area contributed by atoms with E-state index in [1.807, 2.05) is 19.3 Å². The summed E-state index contributed by atoms with van der Waals surface area (Å²) < 4.78 is 10.4. The number of hydrogen-bond acceptors (Lipinski definition) is 7. The summed E-state index contributed by atoms with van der Waals surface area (Å²) in [5.41, 5.74) is 1.12. The zero-order chi connectivity index (χ0) is 20.8. The van der Waals surface area contributed by atoms with Gasteiger partial charge in [-0.2, -0.15) is 4.37 Å². The number of ether oxygens (including phenoxy) is 1. The lowest BCUT2D eigenvalue weighted by Gasteiger charge is -2.36. The van der Waals surface area contributed by atoms with Crippen molar-refractivity contribution in [1.29, 1.82) is 0 Å². The van der Waals surface area contributed by atoms with Crippen LogP contribution in [0.3, 0.4) is 0 Å². The smallest absolute Gasteiger partial charge is 0.213 e. The number of nitrogens with zero attached hydrogens (tertiary/aromatic N) is 6. The highest BCUT2D eigenvalue weighted by Gasteiger charge is 2.22. The van der Waals surface area contributed by atoms with Crippen molar-refractivity contribution in [3.63, 3.8) is 0 Å². The van der Waals surface area contributed by atoms with Crippen molar-refractivity contribution in [2.75, 3.05) is 38.1 Å². The summed E-state index contributed by atoms with van der Waals surface area (Å²) in [6.07, 6.45) is 7.94. The summed E-state index contributed by atoms with van der Waals surface area (Å²) in [4.78, 5) is 18.2. The number of pyridine rings is 1. The Kier molecular flexibility index (Phi) is 6.99. The van der Waals surface area contributed by atoms with Crippen LogP contribution in [0.5, 0.6) is 5.88 Å². The SMILES string of the molecule is CCc1nsc(N2CCN(C(=NC)NCc3ccc(OC4CCCC4)nc3)CC2)n1. The molecular formula is C21H31N7OS. The first kappa shape index (κ1) is 20.8. The molecule has 1 saturated heterocycles. The molecule has 9 heteroatoms. The van der Waals surface area contributed by atoms with Gasteiger partial charge >= 0.3 is 0 Å². The number of rotatable bonds is 6. The topological polar surface area (TPSA) is 78.8 Å². The van der Waals surface area contributed by atoms with Crippen LogP contribution in [0.25, 0.3) is 0 Å². The molecule has 1 saturated carbocycles. The second-order valence-electron chi connectivity index (χ2n) is 7.75. The van der Waals surface area contributed by atoms with Gasteiger partial charge in [-0.1, -0.05) is 13.0 Å². The molecule has 0 unspecified atom stereocenters. The van der Waals surface area contributed by atoms with Gasteiger partial charge in [0, 0.05) is 70.0 Å². The number of aryl methyl sites for hydroxylation is 1. The van der Waals surface area contributed by atoms with Crippen LogP contribution >= 0.6 is 11.5 Å². The van der Waals surface area contributed by atoms with Gasteiger partial charge in [-0.05, 0) is 31.2 Å². The van der Waals surface area contributed by atoms with Gasteiger partial charge in [0.15, 0.2) is 5.96 Å². The summed E-state index contributed by atoms with van der Waals surface area (Å²) >= 11 is 1.50.